The third-order valence-electron chi connectivity index (χ3n) is 2.82. The van der Waals surface area contributed by atoms with Crippen molar-refractivity contribution in [3.8, 4) is 0 Å². The zero-order valence-electron chi connectivity index (χ0n) is 10.8. The van der Waals surface area contributed by atoms with E-state index < -0.39 is 0 Å². The summed E-state index contributed by atoms with van der Waals surface area (Å²) in [6, 6.07) is 13.1. The van der Waals surface area contributed by atoms with Crippen LogP contribution in [0.5, 0.6) is 0 Å². The first-order chi connectivity index (χ1) is 9.08. The molecule has 0 bridgehead atoms. The molecule has 2 rings (SSSR count). The lowest BCUT2D eigenvalue weighted by molar-refractivity contribution is 0.0943. The van der Waals surface area contributed by atoms with E-state index in [0.717, 1.165) is 5.56 Å². The van der Waals surface area contributed by atoms with E-state index in [9.17, 15) is 9.59 Å². The van der Waals surface area contributed by atoms with Crippen molar-refractivity contribution in [2.75, 3.05) is 0 Å². The van der Waals surface area contributed by atoms with E-state index in [-0.39, 0.29) is 17.7 Å². The highest BCUT2D eigenvalue weighted by Gasteiger charge is 2.14. The summed E-state index contributed by atoms with van der Waals surface area (Å²) in [5.74, 6) is -0.158. The fourth-order valence-electron chi connectivity index (χ4n) is 1.74. The predicted molar refractivity (Wildman–Crippen MR) is 76.6 cm³/mol. The molecule has 3 nitrogen and oxygen atoms in total. The van der Waals surface area contributed by atoms with Crippen LogP contribution in [0.4, 0.5) is 0 Å². The zero-order valence-corrected chi connectivity index (χ0v) is 11.7. The molecule has 2 aromatic rings. The van der Waals surface area contributed by atoms with Crippen molar-refractivity contribution in [1.82, 2.24) is 5.32 Å². The number of Topliss-reactive ketones (excluding diaryl/α,β-unsaturated/α-hetero) is 1. The minimum atomic E-state index is -0.145. The number of thiophene rings is 1. The van der Waals surface area contributed by atoms with Crippen LogP contribution in [0.15, 0.2) is 42.5 Å². The van der Waals surface area contributed by atoms with Crippen molar-refractivity contribution < 1.29 is 9.59 Å². The Kier molecular flexibility index (Phi) is 4.12. The largest absolute Gasteiger partial charge is 0.345 e. The van der Waals surface area contributed by atoms with Crippen molar-refractivity contribution in [3.63, 3.8) is 0 Å². The molecule has 0 aliphatic rings. The Morgan fingerprint density at radius 2 is 1.68 bits per heavy atom. The van der Waals surface area contributed by atoms with Gasteiger partial charge in [0.2, 0.25) is 0 Å². The highest BCUT2D eigenvalue weighted by molar-refractivity contribution is 7.15. The smallest absolute Gasteiger partial charge is 0.261 e. The Bertz CT molecular complexity index is 589. The fraction of sp³-hybridized carbons (Fsp3) is 0.200. The molecule has 0 spiro atoms. The van der Waals surface area contributed by atoms with Crippen molar-refractivity contribution in [3.05, 3.63) is 57.8 Å². The first kappa shape index (κ1) is 13.5. The maximum absolute atomic E-state index is 12.1. The zero-order chi connectivity index (χ0) is 13.8. The number of carbonyl (C=O) groups is 2. The Labute approximate surface area is 116 Å². The number of benzene rings is 1. The number of rotatable bonds is 4. The van der Waals surface area contributed by atoms with E-state index in [2.05, 4.69) is 5.32 Å². The second kappa shape index (κ2) is 5.80. The van der Waals surface area contributed by atoms with Gasteiger partial charge in [0.05, 0.1) is 15.8 Å². The number of amides is 1. The molecular weight excluding hydrogens is 258 g/mol. The summed E-state index contributed by atoms with van der Waals surface area (Å²) in [7, 11) is 0. The molecule has 1 N–H and O–H groups in total. The molecular formula is C15H15NO2S. The molecule has 1 heterocycles. The summed E-state index contributed by atoms with van der Waals surface area (Å²) >= 11 is 1.22. The number of hydrogen-bond donors (Lipinski definition) is 1. The fourth-order valence-corrected chi connectivity index (χ4v) is 2.55. The van der Waals surface area contributed by atoms with E-state index in [1.165, 1.54) is 18.3 Å². The summed E-state index contributed by atoms with van der Waals surface area (Å²) in [5, 5.41) is 2.92. The Morgan fingerprint density at radius 3 is 2.26 bits per heavy atom. The van der Waals surface area contributed by atoms with Gasteiger partial charge < -0.3 is 5.32 Å². The first-order valence-electron chi connectivity index (χ1n) is 6.04. The Morgan fingerprint density at radius 1 is 1.05 bits per heavy atom. The van der Waals surface area contributed by atoms with Crippen LogP contribution in [-0.4, -0.2) is 11.7 Å². The van der Waals surface area contributed by atoms with E-state index in [1.807, 2.05) is 37.3 Å². The average molecular weight is 273 g/mol. The lowest BCUT2D eigenvalue weighted by Crippen LogP contribution is -2.25. The summed E-state index contributed by atoms with van der Waals surface area (Å²) in [6.45, 7) is 3.44. The summed E-state index contributed by atoms with van der Waals surface area (Å²) in [6.07, 6.45) is 0. The second-order valence-electron chi connectivity index (χ2n) is 4.33. The second-order valence-corrected chi connectivity index (χ2v) is 5.41. The quantitative estimate of drug-likeness (QED) is 0.867. The summed E-state index contributed by atoms with van der Waals surface area (Å²) < 4.78 is 0. The van der Waals surface area contributed by atoms with Crippen LogP contribution in [0.3, 0.4) is 0 Å². The van der Waals surface area contributed by atoms with Gasteiger partial charge in [-0.3, -0.25) is 9.59 Å². The molecule has 1 amide bonds. The van der Waals surface area contributed by atoms with E-state index >= 15 is 0 Å². The number of ketones is 1. The van der Waals surface area contributed by atoms with Gasteiger partial charge in [-0.2, -0.15) is 0 Å². The Hall–Kier alpha value is -1.94. The number of hydrogen-bond acceptors (Lipinski definition) is 3. The number of nitrogens with one attached hydrogen (secondary N) is 1. The first-order valence-corrected chi connectivity index (χ1v) is 6.86. The summed E-state index contributed by atoms with van der Waals surface area (Å²) in [4.78, 5) is 24.4. The lowest BCUT2D eigenvalue weighted by Gasteiger charge is -2.13. The number of carbonyl (C=O) groups excluding carboxylic acids is 2. The van der Waals surface area contributed by atoms with Gasteiger partial charge in [-0.05, 0) is 31.5 Å². The SMILES string of the molecule is CC(=O)c1ccc(C(=O)N[C@@H](C)c2ccccc2)s1. The highest BCUT2D eigenvalue weighted by atomic mass is 32.1. The Balaban J connectivity index is 2.06. The molecule has 19 heavy (non-hydrogen) atoms. The van der Waals surface area contributed by atoms with Crippen molar-refractivity contribution >= 4 is 23.0 Å². The van der Waals surface area contributed by atoms with E-state index in [0.29, 0.717) is 9.75 Å². The molecule has 0 saturated heterocycles. The van der Waals surface area contributed by atoms with Gasteiger partial charge >= 0.3 is 0 Å². The molecule has 1 aromatic heterocycles. The maximum atomic E-state index is 12.1. The standard InChI is InChI=1S/C15H15NO2S/c1-10(12-6-4-3-5-7-12)16-15(18)14-9-8-13(19-14)11(2)17/h3-10H,1-2H3,(H,16,18)/t10-/m0/s1. The van der Waals surface area contributed by atoms with Crippen LogP contribution in [0.1, 0.15) is 44.8 Å². The molecule has 1 atom stereocenters. The van der Waals surface area contributed by atoms with Crippen LogP contribution in [0, 0.1) is 0 Å². The minimum Gasteiger partial charge on any atom is -0.345 e. The van der Waals surface area contributed by atoms with Crippen LogP contribution in [0.2, 0.25) is 0 Å². The van der Waals surface area contributed by atoms with Crippen LogP contribution < -0.4 is 5.32 Å². The van der Waals surface area contributed by atoms with Gasteiger partial charge in [-0.1, -0.05) is 30.3 Å². The normalized spacial score (nSPS) is 11.9. The molecule has 4 heteroatoms. The highest BCUT2D eigenvalue weighted by Crippen LogP contribution is 2.18. The predicted octanol–water partition coefficient (Wildman–Crippen LogP) is 3.44. The van der Waals surface area contributed by atoms with Crippen LogP contribution in [-0.2, 0) is 0 Å². The van der Waals surface area contributed by atoms with E-state index in [4.69, 9.17) is 0 Å². The minimum absolute atomic E-state index is 0.0137. The monoisotopic (exact) mass is 273 g/mol. The molecule has 0 aliphatic carbocycles. The molecule has 0 radical (unpaired) electrons. The van der Waals surface area contributed by atoms with Crippen molar-refractivity contribution in [1.29, 1.82) is 0 Å². The average Bonchev–Trinajstić information content (AvgIpc) is 2.89. The third-order valence-corrected chi connectivity index (χ3v) is 4.01. The molecule has 98 valence electrons. The molecule has 1 aromatic carbocycles. The van der Waals surface area contributed by atoms with E-state index in [1.54, 1.807) is 12.1 Å². The lowest BCUT2D eigenvalue weighted by atomic mass is 10.1. The third kappa shape index (κ3) is 3.29. The van der Waals surface area contributed by atoms with Crippen LogP contribution >= 0.6 is 11.3 Å². The molecule has 0 saturated carbocycles. The van der Waals surface area contributed by atoms with Crippen molar-refractivity contribution in [2.45, 2.75) is 19.9 Å². The summed E-state index contributed by atoms with van der Waals surface area (Å²) in [5.41, 5.74) is 1.05. The molecule has 0 unspecified atom stereocenters. The maximum Gasteiger partial charge on any atom is 0.261 e. The van der Waals surface area contributed by atoms with Gasteiger partial charge in [0, 0.05) is 0 Å². The molecule has 0 fully saturated rings. The molecule has 0 aliphatic heterocycles. The van der Waals surface area contributed by atoms with Gasteiger partial charge in [-0.15, -0.1) is 11.3 Å². The van der Waals surface area contributed by atoms with Crippen LogP contribution in [0.25, 0.3) is 0 Å². The van der Waals surface area contributed by atoms with Gasteiger partial charge in [0.25, 0.3) is 5.91 Å². The van der Waals surface area contributed by atoms with Gasteiger partial charge in [0.15, 0.2) is 5.78 Å². The van der Waals surface area contributed by atoms with Gasteiger partial charge in [0.1, 0.15) is 0 Å². The topological polar surface area (TPSA) is 46.2 Å². The van der Waals surface area contributed by atoms with Gasteiger partial charge in [-0.25, -0.2) is 0 Å². The van der Waals surface area contributed by atoms with Crippen molar-refractivity contribution in [2.24, 2.45) is 0 Å².